The minimum atomic E-state index is -0.173. The first-order valence-electron chi connectivity index (χ1n) is 7.55. The third kappa shape index (κ3) is 3.21. The molecule has 0 unspecified atom stereocenters. The maximum atomic E-state index is 12.7. The van der Waals surface area contributed by atoms with Gasteiger partial charge in [-0.2, -0.15) is 0 Å². The molecule has 4 heteroatoms. The Morgan fingerprint density at radius 2 is 1.88 bits per heavy atom. The van der Waals surface area contributed by atoms with Gasteiger partial charge in [0.15, 0.2) is 0 Å². The van der Waals surface area contributed by atoms with Crippen LogP contribution in [0.5, 0.6) is 5.75 Å². The van der Waals surface area contributed by atoms with E-state index in [4.69, 9.17) is 11.3 Å². The second-order valence-electron chi connectivity index (χ2n) is 5.41. The number of nitrogens with zero attached hydrogens (tertiary/aromatic N) is 1. The molecule has 1 N–H and O–H groups in total. The van der Waals surface area contributed by atoms with Crippen LogP contribution in [0.3, 0.4) is 0 Å². The van der Waals surface area contributed by atoms with Gasteiger partial charge < -0.3 is 10.1 Å². The van der Waals surface area contributed by atoms with Crippen molar-refractivity contribution in [2.45, 2.75) is 6.92 Å². The maximum Gasteiger partial charge on any atom is 0.357 e. The highest BCUT2D eigenvalue weighted by atomic mass is 16.5. The SMILES string of the molecule is [C-]#[N+]COc1ccc(C(=O)Nc2cccc(C)c2)c2ccccc12. The van der Waals surface area contributed by atoms with Gasteiger partial charge in [0.1, 0.15) is 5.75 Å². The van der Waals surface area contributed by atoms with Gasteiger partial charge in [-0.15, -0.1) is 0 Å². The van der Waals surface area contributed by atoms with E-state index >= 15 is 0 Å². The molecule has 0 saturated heterocycles. The smallest absolute Gasteiger partial charge is 0.357 e. The predicted molar refractivity (Wildman–Crippen MR) is 95.2 cm³/mol. The Balaban J connectivity index is 1.97. The van der Waals surface area contributed by atoms with Crippen LogP contribution in [0.4, 0.5) is 5.69 Å². The van der Waals surface area contributed by atoms with Crippen molar-refractivity contribution in [3.05, 3.63) is 83.2 Å². The molecule has 0 aliphatic rings. The summed E-state index contributed by atoms with van der Waals surface area (Å²) >= 11 is 0. The average Bonchev–Trinajstić information content (AvgIpc) is 2.59. The van der Waals surface area contributed by atoms with Crippen molar-refractivity contribution in [3.8, 4) is 5.75 Å². The highest BCUT2D eigenvalue weighted by Crippen LogP contribution is 2.29. The number of aryl methyl sites for hydroxylation is 1. The number of anilines is 1. The summed E-state index contributed by atoms with van der Waals surface area (Å²) < 4.78 is 5.45. The number of rotatable bonds is 4. The molecule has 0 radical (unpaired) electrons. The topological polar surface area (TPSA) is 42.7 Å². The van der Waals surface area contributed by atoms with E-state index in [-0.39, 0.29) is 12.6 Å². The lowest BCUT2D eigenvalue weighted by Crippen LogP contribution is -2.12. The normalized spacial score (nSPS) is 10.2. The lowest BCUT2D eigenvalue weighted by Gasteiger charge is -2.11. The molecule has 0 aliphatic heterocycles. The number of amides is 1. The molecule has 3 aromatic rings. The molecule has 3 rings (SSSR count). The molecule has 1 amide bonds. The monoisotopic (exact) mass is 316 g/mol. The Morgan fingerprint density at radius 1 is 1.08 bits per heavy atom. The summed E-state index contributed by atoms with van der Waals surface area (Å²) in [6.45, 7) is 8.79. The zero-order valence-corrected chi connectivity index (χ0v) is 13.2. The highest BCUT2D eigenvalue weighted by Gasteiger charge is 2.13. The Morgan fingerprint density at radius 3 is 2.62 bits per heavy atom. The summed E-state index contributed by atoms with van der Waals surface area (Å²) in [6, 6.07) is 18.7. The summed E-state index contributed by atoms with van der Waals surface area (Å²) in [5, 5.41) is 4.54. The van der Waals surface area contributed by atoms with Gasteiger partial charge >= 0.3 is 6.73 Å². The van der Waals surface area contributed by atoms with Crippen molar-refractivity contribution >= 4 is 22.4 Å². The number of carbonyl (C=O) groups is 1. The fourth-order valence-electron chi connectivity index (χ4n) is 2.62. The van der Waals surface area contributed by atoms with E-state index in [0.29, 0.717) is 11.3 Å². The Kier molecular flexibility index (Phi) is 4.44. The largest absolute Gasteiger partial charge is 0.425 e. The molecule has 0 bridgehead atoms. The molecular weight excluding hydrogens is 300 g/mol. The summed E-state index contributed by atoms with van der Waals surface area (Å²) in [5.74, 6) is 0.433. The lowest BCUT2D eigenvalue weighted by atomic mass is 10.0. The van der Waals surface area contributed by atoms with E-state index < -0.39 is 0 Å². The van der Waals surface area contributed by atoms with E-state index in [9.17, 15) is 4.79 Å². The molecule has 0 heterocycles. The van der Waals surface area contributed by atoms with Crippen molar-refractivity contribution < 1.29 is 9.53 Å². The number of fused-ring (bicyclic) bond motifs is 1. The number of nitrogens with one attached hydrogen (secondary N) is 1. The molecule has 0 saturated carbocycles. The van der Waals surface area contributed by atoms with Crippen molar-refractivity contribution in [2.75, 3.05) is 12.0 Å². The van der Waals surface area contributed by atoms with E-state index in [0.717, 1.165) is 22.0 Å². The Labute approximate surface area is 140 Å². The summed E-state index contributed by atoms with van der Waals surface area (Å²) in [4.78, 5) is 15.9. The molecule has 0 fully saturated rings. The van der Waals surface area contributed by atoms with Gasteiger partial charge in [-0.25, -0.2) is 6.57 Å². The zero-order valence-electron chi connectivity index (χ0n) is 13.2. The molecule has 3 aromatic carbocycles. The van der Waals surface area contributed by atoms with Crippen LogP contribution in [0.1, 0.15) is 15.9 Å². The predicted octanol–water partition coefficient (Wildman–Crippen LogP) is 4.66. The molecule has 0 spiro atoms. The second kappa shape index (κ2) is 6.84. The molecule has 0 aromatic heterocycles. The molecule has 24 heavy (non-hydrogen) atoms. The van der Waals surface area contributed by atoms with Crippen molar-refractivity contribution in [1.29, 1.82) is 0 Å². The van der Waals surface area contributed by atoms with E-state index in [1.54, 1.807) is 12.1 Å². The standard InChI is InChI=1S/C20H16N2O2/c1-14-6-5-7-15(12-14)22-20(23)18-10-11-19(24-13-21-2)17-9-4-3-8-16(17)18/h3-12H,13H2,1H3,(H,22,23). The van der Waals surface area contributed by atoms with E-state index in [1.807, 2.05) is 55.5 Å². The summed E-state index contributed by atoms with van der Waals surface area (Å²) in [7, 11) is 0. The number of hydrogen-bond donors (Lipinski definition) is 1. The van der Waals surface area contributed by atoms with Crippen LogP contribution in [-0.4, -0.2) is 12.6 Å². The molecular formula is C20H16N2O2. The average molecular weight is 316 g/mol. The third-order valence-corrected chi connectivity index (χ3v) is 3.69. The van der Waals surface area contributed by atoms with Gasteiger partial charge in [-0.1, -0.05) is 36.4 Å². The van der Waals surface area contributed by atoms with Gasteiger partial charge in [0, 0.05) is 16.6 Å². The van der Waals surface area contributed by atoms with Gasteiger partial charge in [0.05, 0.1) is 0 Å². The molecule has 0 aliphatic carbocycles. The summed E-state index contributed by atoms with van der Waals surface area (Å²) in [5.41, 5.74) is 2.42. The van der Waals surface area contributed by atoms with E-state index in [2.05, 4.69) is 10.2 Å². The quantitative estimate of drug-likeness (QED) is 0.712. The Bertz CT molecular complexity index is 942. The van der Waals surface area contributed by atoms with Crippen LogP contribution in [0.15, 0.2) is 60.7 Å². The second-order valence-corrected chi connectivity index (χ2v) is 5.41. The fraction of sp³-hybridized carbons (Fsp3) is 0.100. The number of carbonyl (C=O) groups excluding carboxylic acids is 1. The van der Waals surface area contributed by atoms with Crippen LogP contribution in [0.25, 0.3) is 15.6 Å². The number of ether oxygens (including phenoxy) is 1. The van der Waals surface area contributed by atoms with Crippen LogP contribution in [0.2, 0.25) is 0 Å². The Hall–Kier alpha value is -3.32. The van der Waals surface area contributed by atoms with Crippen LogP contribution < -0.4 is 10.1 Å². The van der Waals surface area contributed by atoms with Crippen LogP contribution in [0, 0.1) is 13.5 Å². The minimum Gasteiger partial charge on any atom is -0.425 e. The van der Waals surface area contributed by atoms with Crippen LogP contribution >= 0.6 is 0 Å². The van der Waals surface area contributed by atoms with Crippen molar-refractivity contribution in [2.24, 2.45) is 0 Å². The first-order valence-corrected chi connectivity index (χ1v) is 7.55. The first kappa shape index (κ1) is 15.6. The number of hydrogen-bond acceptors (Lipinski definition) is 2. The molecule has 0 atom stereocenters. The first-order chi connectivity index (χ1) is 11.7. The number of benzene rings is 3. The third-order valence-electron chi connectivity index (χ3n) is 3.69. The minimum absolute atomic E-state index is 0.0428. The van der Waals surface area contributed by atoms with Gasteiger partial charge in [0.25, 0.3) is 5.91 Å². The van der Waals surface area contributed by atoms with Gasteiger partial charge in [-0.3, -0.25) is 9.64 Å². The van der Waals surface area contributed by atoms with Crippen molar-refractivity contribution in [1.82, 2.24) is 0 Å². The van der Waals surface area contributed by atoms with Crippen molar-refractivity contribution in [3.63, 3.8) is 0 Å². The van der Waals surface area contributed by atoms with Gasteiger partial charge in [0.2, 0.25) is 0 Å². The highest BCUT2D eigenvalue weighted by molar-refractivity contribution is 6.13. The molecule has 118 valence electrons. The molecule has 4 nitrogen and oxygen atoms in total. The van der Waals surface area contributed by atoms with Gasteiger partial charge in [-0.05, 0) is 42.1 Å². The zero-order chi connectivity index (χ0) is 16.9. The van der Waals surface area contributed by atoms with Crippen LogP contribution in [-0.2, 0) is 0 Å². The fourth-order valence-corrected chi connectivity index (χ4v) is 2.62. The summed E-state index contributed by atoms with van der Waals surface area (Å²) in [6.07, 6.45) is 0. The van der Waals surface area contributed by atoms with E-state index in [1.165, 1.54) is 0 Å². The maximum absolute atomic E-state index is 12.7. The lowest BCUT2D eigenvalue weighted by molar-refractivity contribution is 0.102.